The lowest BCUT2D eigenvalue weighted by molar-refractivity contribution is -0.127. The SMILES string of the molecule is CC1=C(/C=C/C(C)=C/C=C/C(C)=C/CNC(=O)CNC(=O)[C@@H](N)C(C)C)C(C)(C)CCC1. The quantitative estimate of drug-likeness (QED) is 0.428. The summed E-state index contributed by atoms with van der Waals surface area (Å²) in [6.45, 7) is 15.1. The molecule has 0 heterocycles. The van der Waals surface area contributed by atoms with Gasteiger partial charge in [0.05, 0.1) is 12.6 Å². The summed E-state index contributed by atoms with van der Waals surface area (Å²) in [6, 6.07) is -0.601. The van der Waals surface area contributed by atoms with Crippen LogP contribution in [0, 0.1) is 11.3 Å². The average molecular weight is 442 g/mol. The maximum atomic E-state index is 11.9. The van der Waals surface area contributed by atoms with Gasteiger partial charge in [-0.2, -0.15) is 0 Å². The Morgan fingerprint density at radius 3 is 2.44 bits per heavy atom. The Bertz CT molecular complexity index is 811. The Kier molecular flexibility index (Phi) is 11.4. The third-order valence-corrected chi connectivity index (χ3v) is 5.94. The van der Waals surface area contributed by atoms with Crippen molar-refractivity contribution in [2.75, 3.05) is 13.1 Å². The van der Waals surface area contributed by atoms with Crippen LogP contribution in [-0.2, 0) is 9.59 Å². The van der Waals surface area contributed by atoms with Crippen LogP contribution in [0.1, 0.15) is 67.7 Å². The highest BCUT2D eigenvalue weighted by Gasteiger charge is 2.26. The van der Waals surface area contributed by atoms with Crippen LogP contribution in [0.2, 0.25) is 0 Å². The van der Waals surface area contributed by atoms with Gasteiger partial charge in [0.25, 0.3) is 0 Å². The van der Waals surface area contributed by atoms with E-state index in [0.29, 0.717) is 6.54 Å². The van der Waals surface area contributed by atoms with Gasteiger partial charge in [0.2, 0.25) is 11.8 Å². The van der Waals surface area contributed by atoms with E-state index in [9.17, 15) is 9.59 Å². The molecule has 0 bridgehead atoms. The van der Waals surface area contributed by atoms with Gasteiger partial charge in [-0.15, -0.1) is 0 Å². The molecule has 4 N–H and O–H groups in total. The van der Waals surface area contributed by atoms with Crippen LogP contribution in [0.4, 0.5) is 0 Å². The van der Waals surface area contributed by atoms with E-state index in [2.05, 4.69) is 56.6 Å². The van der Waals surface area contributed by atoms with E-state index in [1.165, 1.54) is 36.0 Å². The van der Waals surface area contributed by atoms with Crippen LogP contribution in [0.15, 0.2) is 58.7 Å². The number of amides is 2. The molecule has 1 atom stereocenters. The first kappa shape index (κ1) is 27.6. The van der Waals surface area contributed by atoms with Crippen molar-refractivity contribution < 1.29 is 9.59 Å². The van der Waals surface area contributed by atoms with Crippen molar-refractivity contribution in [2.45, 2.75) is 73.8 Å². The number of nitrogens with two attached hydrogens (primary N) is 1. The molecule has 1 aliphatic rings. The molecule has 32 heavy (non-hydrogen) atoms. The molecule has 5 heteroatoms. The van der Waals surface area contributed by atoms with Crippen LogP contribution >= 0.6 is 0 Å². The van der Waals surface area contributed by atoms with Gasteiger partial charge in [0.1, 0.15) is 0 Å². The highest BCUT2D eigenvalue weighted by molar-refractivity contribution is 5.87. The second kappa shape index (κ2) is 13.2. The lowest BCUT2D eigenvalue weighted by atomic mass is 9.72. The summed E-state index contributed by atoms with van der Waals surface area (Å²) in [7, 11) is 0. The summed E-state index contributed by atoms with van der Waals surface area (Å²) in [5.74, 6) is -0.512. The van der Waals surface area contributed by atoms with E-state index in [1.54, 1.807) is 0 Å². The first-order chi connectivity index (χ1) is 14.9. The lowest BCUT2D eigenvalue weighted by Crippen LogP contribution is -2.47. The van der Waals surface area contributed by atoms with Gasteiger partial charge >= 0.3 is 0 Å². The molecule has 5 nitrogen and oxygen atoms in total. The zero-order valence-corrected chi connectivity index (χ0v) is 21.0. The molecule has 0 unspecified atom stereocenters. The first-order valence-electron chi connectivity index (χ1n) is 11.6. The Balaban J connectivity index is 2.48. The van der Waals surface area contributed by atoms with Crippen LogP contribution in [0.25, 0.3) is 0 Å². The van der Waals surface area contributed by atoms with Crippen LogP contribution in [0.3, 0.4) is 0 Å². The van der Waals surface area contributed by atoms with Gasteiger partial charge in [-0.05, 0) is 56.9 Å². The van der Waals surface area contributed by atoms with Crippen LogP contribution in [-0.4, -0.2) is 30.9 Å². The van der Waals surface area contributed by atoms with Gasteiger partial charge < -0.3 is 16.4 Å². The Labute approximate surface area is 195 Å². The summed E-state index contributed by atoms with van der Waals surface area (Å²) >= 11 is 0. The molecule has 1 rings (SSSR count). The molecule has 0 aliphatic heterocycles. The molecule has 0 spiro atoms. The number of carbonyl (C=O) groups excluding carboxylic acids is 2. The molecule has 0 saturated heterocycles. The largest absolute Gasteiger partial charge is 0.351 e. The second-order valence-electron chi connectivity index (χ2n) is 9.77. The van der Waals surface area contributed by atoms with E-state index in [0.717, 1.165) is 5.57 Å². The summed E-state index contributed by atoms with van der Waals surface area (Å²) in [6.07, 6.45) is 16.2. The maximum Gasteiger partial charge on any atom is 0.239 e. The lowest BCUT2D eigenvalue weighted by Gasteiger charge is -2.32. The number of hydrogen-bond donors (Lipinski definition) is 3. The molecule has 2 amide bonds. The standard InChI is InChI=1S/C27H43N3O2/c1-19(2)25(28)26(32)30-18-24(31)29-17-15-21(4)11-8-10-20(3)13-14-23-22(5)12-9-16-27(23,6)7/h8,10-11,13-15,19,25H,9,12,16-18,28H2,1-7H3,(H,29,31)(H,30,32)/b11-8+,14-13+,20-10+,21-15+/t25-/m0/s1. The molecule has 178 valence electrons. The van der Waals surface area contributed by atoms with E-state index in [4.69, 9.17) is 5.73 Å². The Hall–Kier alpha value is -2.40. The van der Waals surface area contributed by atoms with E-state index in [-0.39, 0.29) is 29.7 Å². The van der Waals surface area contributed by atoms with E-state index < -0.39 is 6.04 Å². The molecule has 0 aromatic rings. The number of nitrogens with one attached hydrogen (secondary N) is 2. The Morgan fingerprint density at radius 1 is 1.12 bits per heavy atom. The summed E-state index contributed by atoms with van der Waals surface area (Å²) < 4.78 is 0. The minimum absolute atomic E-state index is 0.0314. The molecule has 0 aromatic carbocycles. The maximum absolute atomic E-state index is 11.9. The third-order valence-electron chi connectivity index (χ3n) is 5.94. The van der Waals surface area contributed by atoms with Crippen LogP contribution < -0.4 is 16.4 Å². The highest BCUT2D eigenvalue weighted by Crippen LogP contribution is 2.40. The summed E-state index contributed by atoms with van der Waals surface area (Å²) in [5.41, 5.74) is 11.2. The van der Waals surface area contributed by atoms with Gasteiger partial charge in [-0.25, -0.2) is 0 Å². The molecule has 0 fully saturated rings. The predicted molar refractivity (Wildman–Crippen MR) is 135 cm³/mol. The number of hydrogen-bond acceptors (Lipinski definition) is 3. The monoisotopic (exact) mass is 441 g/mol. The number of allylic oxidation sites excluding steroid dienone is 9. The Morgan fingerprint density at radius 2 is 1.81 bits per heavy atom. The van der Waals surface area contributed by atoms with Crippen molar-refractivity contribution in [3.8, 4) is 0 Å². The molecule has 1 aliphatic carbocycles. The zero-order valence-electron chi connectivity index (χ0n) is 21.0. The summed E-state index contributed by atoms with van der Waals surface area (Å²) in [5, 5.41) is 5.33. The minimum Gasteiger partial charge on any atom is -0.351 e. The van der Waals surface area contributed by atoms with Crippen molar-refractivity contribution >= 4 is 11.8 Å². The average Bonchev–Trinajstić information content (AvgIpc) is 2.70. The van der Waals surface area contributed by atoms with Crippen molar-refractivity contribution in [3.63, 3.8) is 0 Å². The van der Waals surface area contributed by atoms with E-state index in [1.807, 2.05) is 39.0 Å². The summed E-state index contributed by atoms with van der Waals surface area (Å²) in [4.78, 5) is 23.6. The molecule has 0 saturated carbocycles. The first-order valence-corrected chi connectivity index (χ1v) is 11.6. The van der Waals surface area contributed by atoms with Crippen LogP contribution in [0.5, 0.6) is 0 Å². The fourth-order valence-corrected chi connectivity index (χ4v) is 3.68. The molecule has 0 aromatic heterocycles. The fraction of sp³-hybridized carbons (Fsp3) is 0.556. The number of rotatable bonds is 10. The van der Waals surface area contributed by atoms with Crippen molar-refractivity contribution in [2.24, 2.45) is 17.1 Å². The van der Waals surface area contributed by atoms with Gasteiger partial charge in [0, 0.05) is 6.54 Å². The predicted octanol–water partition coefficient (Wildman–Crippen LogP) is 4.73. The number of carbonyl (C=O) groups is 2. The third kappa shape index (κ3) is 9.82. The second-order valence-corrected chi connectivity index (χ2v) is 9.77. The minimum atomic E-state index is -0.601. The van der Waals surface area contributed by atoms with Crippen molar-refractivity contribution in [3.05, 3.63) is 58.7 Å². The topological polar surface area (TPSA) is 84.2 Å². The molecular weight excluding hydrogens is 398 g/mol. The highest BCUT2D eigenvalue weighted by atomic mass is 16.2. The van der Waals surface area contributed by atoms with Gasteiger partial charge in [-0.1, -0.05) is 80.9 Å². The van der Waals surface area contributed by atoms with Crippen molar-refractivity contribution in [1.82, 2.24) is 10.6 Å². The molecular formula is C27H43N3O2. The van der Waals surface area contributed by atoms with Gasteiger partial charge in [-0.3, -0.25) is 9.59 Å². The smallest absolute Gasteiger partial charge is 0.239 e. The zero-order chi connectivity index (χ0) is 24.3. The normalized spacial score (nSPS) is 18.5. The van der Waals surface area contributed by atoms with Gasteiger partial charge in [0.15, 0.2) is 0 Å². The fourth-order valence-electron chi connectivity index (χ4n) is 3.68. The van der Waals surface area contributed by atoms with E-state index >= 15 is 0 Å². The van der Waals surface area contributed by atoms with Crippen molar-refractivity contribution in [1.29, 1.82) is 0 Å². The molecule has 0 radical (unpaired) electrons.